The topological polar surface area (TPSA) is 157 Å². The summed E-state index contributed by atoms with van der Waals surface area (Å²) in [7, 11) is -3.16. The van der Waals surface area contributed by atoms with Crippen molar-refractivity contribution in [3.05, 3.63) is 33.1 Å². The van der Waals surface area contributed by atoms with E-state index in [2.05, 4.69) is 5.09 Å². The molecule has 0 aliphatic carbocycles. The van der Waals surface area contributed by atoms with Crippen LogP contribution in [-0.2, 0) is 23.4 Å². The molecule has 5 atom stereocenters. The predicted molar refractivity (Wildman–Crippen MR) is 93.5 cm³/mol. The van der Waals surface area contributed by atoms with Crippen molar-refractivity contribution < 1.29 is 32.9 Å². The van der Waals surface area contributed by atoms with Crippen LogP contribution in [0.15, 0.2) is 21.9 Å². The van der Waals surface area contributed by atoms with E-state index in [9.17, 15) is 23.7 Å². The summed E-state index contributed by atoms with van der Waals surface area (Å²) < 4.78 is 38.7. The van der Waals surface area contributed by atoms with Gasteiger partial charge in [0.15, 0.2) is 11.9 Å². The summed E-state index contributed by atoms with van der Waals surface area (Å²) in [4.78, 5) is 41.2. The van der Waals surface area contributed by atoms with E-state index in [-0.39, 0.29) is 18.8 Å². The van der Waals surface area contributed by atoms with E-state index in [1.54, 1.807) is 13.8 Å². The van der Waals surface area contributed by atoms with Crippen LogP contribution in [0, 0.1) is 0 Å². The average Bonchev–Trinajstić information content (AvgIpc) is 2.76. The highest BCUT2D eigenvalue weighted by Crippen LogP contribution is 2.43. The Bertz CT molecular complexity index is 861. The molecule has 1 aromatic rings. The van der Waals surface area contributed by atoms with Crippen LogP contribution in [0.1, 0.15) is 27.0 Å². The second-order valence-electron chi connectivity index (χ2n) is 6.65. The molecule has 0 spiro atoms. The molecule has 0 bridgehead atoms. The van der Waals surface area contributed by atoms with Crippen molar-refractivity contribution in [1.82, 2.24) is 14.6 Å². The summed E-state index contributed by atoms with van der Waals surface area (Å²) in [6.45, 7) is 5.70. The van der Waals surface area contributed by atoms with Crippen LogP contribution in [0.25, 0.3) is 0 Å². The van der Waals surface area contributed by atoms with Gasteiger partial charge in [0.2, 0.25) is 0 Å². The minimum Gasteiger partial charge on any atom is -0.387 e. The normalized spacial score (nSPS) is 28.9. The zero-order valence-electron chi connectivity index (χ0n) is 15.7. The smallest absolute Gasteiger partial charge is 0.373 e. The summed E-state index contributed by atoms with van der Waals surface area (Å²) in [5.41, 5.74) is -3.82. The lowest BCUT2D eigenvalue weighted by atomic mass is 9.98. The van der Waals surface area contributed by atoms with Crippen molar-refractivity contribution in [3.63, 3.8) is 0 Å². The summed E-state index contributed by atoms with van der Waals surface area (Å²) in [5, 5.41) is 12.9. The molecule has 0 aromatic carbocycles. The van der Waals surface area contributed by atoms with Crippen molar-refractivity contribution in [1.29, 1.82) is 0 Å². The van der Waals surface area contributed by atoms with Crippen LogP contribution in [0.4, 0.5) is 4.39 Å². The van der Waals surface area contributed by atoms with Gasteiger partial charge in [-0.1, -0.05) is 0 Å². The van der Waals surface area contributed by atoms with Crippen LogP contribution in [0.3, 0.4) is 0 Å². The maximum absolute atomic E-state index is 14.9. The van der Waals surface area contributed by atoms with Gasteiger partial charge >= 0.3 is 11.8 Å². The molecule has 158 valence electrons. The highest BCUT2D eigenvalue weighted by molar-refractivity contribution is 7.56. The van der Waals surface area contributed by atoms with E-state index in [1.165, 1.54) is 6.66 Å². The number of aromatic amines is 1. The van der Waals surface area contributed by atoms with Gasteiger partial charge in [-0.25, -0.2) is 14.3 Å². The molecule has 1 fully saturated rings. The second-order valence-corrected chi connectivity index (χ2v) is 8.86. The van der Waals surface area contributed by atoms with Gasteiger partial charge in [-0.3, -0.25) is 18.9 Å². The molecular weight excluding hydrogens is 400 g/mol. The molecular formula is C15H23FN3O8P. The molecule has 1 aliphatic rings. The van der Waals surface area contributed by atoms with Gasteiger partial charge < -0.3 is 14.4 Å². The molecule has 0 saturated carbocycles. The fourth-order valence-corrected chi connectivity index (χ4v) is 4.13. The van der Waals surface area contributed by atoms with Gasteiger partial charge in [0.05, 0.1) is 6.61 Å². The van der Waals surface area contributed by atoms with Gasteiger partial charge in [0.25, 0.3) is 13.1 Å². The Labute approximate surface area is 159 Å². The number of aromatic nitrogens is 2. The first-order chi connectivity index (χ1) is 12.9. The molecule has 13 heteroatoms. The number of carbonyl (C=O) groups excluding carboxylic acids is 2. The molecule has 1 aliphatic heterocycles. The van der Waals surface area contributed by atoms with Crippen molar-refractivity contribution >= 4 is 13.7 Å². The third-order valence-corrected chi connectivity index (χ3v) is 5.43. The molecule has 2 rings (SSSR count). The van der Waals surface area contributed by atoms with E-state index in [0.29, 0.717) is 0 Å². The number of nitrogens with zero attached hydrogens (tertiary/aromatic N) is 1. The first-order valence-electron chi connectivity index (χ1n) is 8.18. The Hall–Kier alpha value is -1.94. The Morgan fingerprint density at radius 1 is 1.50 bits per heavy atom. The summed E-state index contributed by atoms with van der Waals surface area (Å²) in [6, 6.07) is 0.952. The molecule has 11 nitrogen and oxygen atoms in total. The Kier molecular flexibility index (Phi) is 8.18. The van der Waals surface area contributed by atoms with E-state index in [4.69, 9.17) is 18.8 Å². The zero-order valence-corrected chi connectivity index (χ0v) is 16.6. The van der Waals surface area contributed by atoms with Crippen LogP contribution in [-0.4, -0.2) is 58.0 Å². The summed E-state index contributed by atoms with van der Waals surface area (Å²) >= 11 is 0. The lowest BCUT2D eigenvalue weighted by Gasteiger charge is -2.24. The number of H-pyrrole nitrogens is 1. The van der Waals surface area contributed by atoms with Gasteiger partial charge in [0, 0.05) is 25.0 Å². The van der Waals surface area contributed by atoms with Crippen molar-refractivity contribution in [2.24, 2.45) is 0 Å². The number of aliphatic hydroxyl groups is 1. The monoisotopic (exact) mass is 423 g/mol. The molecule has 1 saturated heterocycles. The number of halogens is 1. The number of alkyl halides is 1. The minimum atomic E-state index is -3.16. The number of hydrogen-bond acceptors (Lipinski definition) is 8. The molecule has 2 heterocycles. The van der Waals surface area contributed by atoms with Crippen LogP contribution < -0.4 is 16.3 Å². The fourth-order valence-electron chi connectivity index (χ4n) is 2.68. The molecule has 1 unspecified atom stereocenters. The largest absolute Gasteiger partial charge is 0.387 e. The fraction of sp³-hybridized carbons (Fsp3) is 0.667. The summed E-state index contributed by atoms with van der Waals surface area (Å²) in [6.07, 6.45) is -2.88. The number of ether oxygens (including phenoxy) is 1. The number of rotatable bonds is 6. The molecule has 0 radical (unpaired) electrons. The van der Waals surface area contributed by atoms with E-state index < -0.39 is 42.9 Å². The van der Waals surface area contributed by atoms with E-state index in [1.807, 2.05) is 4.98 Å². The first kappa shape index (κ1) is 24.1. The summed E-state index contributed by atoms with van der Waals surface area (Å²) in [5.74, 6) is 0. The van der Waals surface area contributed by atoms with Gasteiger partial charge in [-0.15, -0.1) is 0 Å². The van der Waals surface area contributed by atoms with Crippen LogP contribution in [0.5, 0.6) is 0 Å². The number of hydrogen-bond donors (Lipinski definition) is 3. The van der Waals surface area contributed by atoms with Crippen molar-refractivity contribution in [3.8, 4) is 0 Å². The Morgan fingerprint density at radius 2 is 2.07 bits per heavy atom. The Balaban J connectivity index is 0.00000122. The maximum Gasteiger partial charge on any atom is 0.373 e. The first-order valence-corrected chi connectivity index (χ1v) is 10.3. The average molecular weight is 423 g/mol. The lowest BCUT2D eigenvalue weighted by Crippen LogP contribution is -2.43. The van der Waals surface area contributed by atoms with Crippen LogP contribution in [0.2, 0.25) is 0 Å². The van der Waals surface area contributed by atoms with E-state index >= 15 is 0 Å². The van der Waals surface area contributed by atoms with Gasteiger partial charge in [-0.2, -0.15) is 9.59 Å². The number of aliphatic hydroxyl groups excluding tert-OH is 1. The van der Waals surface area contributed by atoms with Crippen LogP contribution >= 0.6 is 7.52 Å². The molecule has 1 aromatic heterocycles. The third kappa shape index (κ3) is 6.03. The third-order valence-electron chi connectivity index (χ3n) is 3.80. The maximum atomic E-state index is 14.9. The zero-order chi connectivity index (χ0) is 21.7. The standard InChI is InChI=1S/C14H23FN3O6P.CO2/c1-8(2)17-25(4,22)23-7-9-11(20)14(3,15)12(24-9)18-6-5-10(19)16-13(18)21;2-1-3/h5-6,8-9,11-12,20H,7H2,1-4H3,(H,17,22)(H,16,19,21);/t9-,11-,12-,14-,25?;/m1./s1. The second kappa shape index (κ2) is 9.51. The highest BCUT2D eigenvalue weighted by Gasteiger charge is 2.55. The number of nitrogens with one attached hydrogen (secondary N) is 2. The molecule has 3 N–H and O–H groups in total. The predicted octanol–water partition coefficient (Wildman–Crippen LogP) is -0.223. The highest BCUT2D eigenvalue weighted by atomic mass is 31.2. The van der Waals surface area contributed by atoms with Gasteiger partial charge in [-0.05, 0) is 20.8 Å². The van der Waals surface area contributed by atoms with Crippen molar-refractivity contribution in [2.75, 3.05) is 13.3 Å². The SMILES string of the molecule is CC(C)NP(C)(=O)OC[C@H]1O[C@@H](n2ccc(=O)[nH]c2=O)[C@](C)(F)[C@@H]1O.O=C=O. The molecule has 28 heavy (non-hydrogen) atoms. The molecule has 0 amide bonds. The van der Waals surface area contributed by atoms with Gasteiger partial charge in [0.1, 0.15) is 12.2 Å². The lowest BCUT2D eigenvalue weighted by molar-refractivity contribution is -0.191. The minimum absolute atomic E-state index is 0.0934. The van der Waals surface area contributed by atoms with Crippen molar-refractivity contribution in [2.45, 2.75) is 50.9 Å². The van der Waals surface area contributed by atoms with E-state index in [0.717, 1.165) is 23.8 Å². The Morgan fingerprint density at radius 3 is 2.57 bits per heavy atom. The quantitative estimate of drug-likeness (QED) is 0.526.